The third-order valence-electron chi connectivity index (χ3n) is 3.03. The number of oxazole rings is 1. The molecule has 0 aliphatic carbocycles. The molecule has 0 aliphatic rings. The molecule has 7 nitrogen and oxygen atoms in total. The lowest BCUT2D eigenvalue weighted by Gasteiger charge is -2.05. The molecule has 23 heavy (non-hydrogen) atoms. The first-order chi connectivity index (χ1) is 10.8. The van der Waals surface area contributed by atoms with Crippen molar-refractivity contribution in [3.8, 4) is 16.4 Å². The molecule has 0 radical (unpaired) electrons. The molecule has 2 heterocycles. The first-order valence-corrected chi connectivity index (χ1v) is 8.66. The molecule has 0 spiro atoms. The number of hydrogen-bond acceptors (Lipinski definition) is 6. The van der Waals surface area contributed by atoms with Gasteiger partial charge in [0.2, 0.25) is 10.0 Å². The first kappa shape index (κ1) is 15.6. The van der Waals surface area contributed by atoms with Crippen LogP contribution in [0.25, 0.3) is 16.4 Å². The largest absolute Gasteiger partial charge is 0.425 e. The summed E-state index contributed by atoms with van der Waals surface area (Å²) < 4.78 is 42.5. The monoisotopic (exact) mass is 355 g/mol. The van der Waals surface area contributed by atoms with Crippen molar-refractivity contribution in [3.05, 3.63) is 51.9 Å². The summed E-state index contributed by atoms with van der Waals surface area (Å²) in [6.45, 7) is 1.77. The lowest BCUT2D eigenvalue weighted by Crippen LogP contribution is -2.15. The number of aryl methyl sites for hydroxylation is 1. The van der Waals surface area contributed by atoms with E-state index in [0.29, 0.717) is 5.13 Å². The van der Waals surface area contributed by atoms with Crippen LogP contribution < -0.4 is 10.9 Å². The Hall–Kier alpha value is -2.30. The molecule has 120 valence electrons. The topological polar surface area (TPSA) is 108 Å². The molecule has 0 bridgehead atoms. The molecule has 1 aromatic carbocycles. The number of nitrogens with two attached hydrogens (primary N) is 1. The molecule has 2 aromatic heterocycles. The minimum atomic E-state index is -4.16. The lowest BCUT2D eigenvalue weighted by atomic mass is 10.1. The molecule has 0 amide bonds. The average Bonchev–Trinajstić information content (AvgIpc) is 3.03. The summed E-state index contributed by atoms with van der Waals surface area (Å²) in [5, 5.41) is 7.05. The van der Waals surface area contributed by atoms with Gasteiger partial charge in [0, 0.05) is 10.9 Å². The van der Waals surface area contributed by atoms with Gasteiger partial charge in [-0.15, -0.1) is 11.3 Å². The van der Waals surface area contributed by atoms with Crippen LogP contribution in [-0.4, -0.2) is 18.0 Å². The summed E-state index contributed by atoms with van der Waals surface area (Å²) in [6.07, 6.45) is 1.16. The van der Waals surface area contributed by atoms with Crippen molar-refractivity contribution >= 4 is 21.4 Å². The number of primary sulfonamides is 1. The molecule has 0 fully saturated rings. The fourth-order valence-corrected chi connectivity index (χ4v) is 3.42. The minimum absolute atomic E-state index is 0.254. The molecule has 3 aromatic rings. The van der Waals surface area contributed by atoms with Crippen molar-refractivity contribution in [1.29, 1.82) is 0 Å². The SMILES string of the molecule is Cc1csc(-n2c(-c3ccc(S(N)(=O)=O)c(F)c3)coc2=O)n1. The van der Waals surface area contributed by atoms with Gasteiger partial charge in [0.05, 0.1) is 11.4 Å². The number of sulfonamides is 1. The van der Waals surface area contributed by atoms with E-state index in [-0.39, 0.29) is 11.3 Å². The van der Waals surface area contributed by atoms with Gasteiger partial charge in [-0.2, -0.15) is 0 Å². The van der Waals surface area contributed by atoms with Crippen molar-refractivity contribution in [1.82, 2.24) is 9.55 Å². The second-order valence-electron chi connectivity index (χ2n) is 4.68. The maximum absolute atomic E-state index is 14.0. The molecule has 0 atom stereocenters. The van der Waals surface area contributed by atoms with E-state index in [1.54, 1.807) is 12.3 Å². The quantitative estimate of drug-likeness (QED) is 0.768. The van der Waals surface area contributed by atoms with E-state index in [9.17, 15) is 17.6 Å². The molecular weight excluding hydrogens is 345 g/mol. The van der Waals surface area contributed by atoms with E-state index in [0.717, 1.165) is 24.1 Å². The van der Waals surface area contributed by atoms with Gasteiger partial charge >= 0.3 is 5.76 Å². The Morgan fingerprint density at radius 2 is 2.13 bits per heavy atom. The van der Waals surface area contributed by atoms with E-state index in [1.165, 1.54) is 22.0 Å². The smallest absolute Gasteiger partial charge is 0.415 e. The molecule has 2 N–H and O–H groups in total. The predicted octanol–water partition coefficient (Wildman–Crippen LogP) is 1.65. The Morgan fingerprint density at radius 3 is 2.70 bits per heavy atom. The molecule has 0 saturated heterocycles. The molecule has 0 saturated carbocycles. The molecule has 0 unspecified atom stereocenters. The Morgan fingerprint density at radius 1 is 1.39 bits per heavy atom. The maximum Gasteiger partial charge on any atom is 0.425 e. The van der Waals surface area contributed by atoms with Crippen LogP contribution in [0.1, 0.15) is 5.69 Å². The van der Waals surface area contributed by atoms with E-state index in [4.69, 9.17) is 9.56 Å². The highest BCUT2D eigenvalue weighted by molar-refractivity contribution is 7.89. The van der Waals surface area contributed by atoms with Gasteiger partial charge in [-0.05, 0) is 19.1 Å². The van der Waals surface area contributed by atoms with Gasteiger partial charge in [0.25, 0.3) is 0 Å². The number of rotatable bonds is 3. The van der Waals surface area contributed by atoms with E-state index >= 15 is 0 Å². The van der Waals surface area contributed by atoms with Gasteiger partial charge in [0.1, 0.15) is 17.0 Å². The summed E-state index contributed by atoms with van der Waals surface area (Å²) >= 11 is 1.22. The average molecular weight is 355 g/mol. The van der Waals surface area contributed by atoms with Crippen molar-refractivity contribution in [2.75, 3.05) is 0 Å². The van der Waals surface area contributed by atoms with Crippen LogP contribution in [0.5, 0.6) is 0 Å². The van der Waals surface area contributed by atoms with Crippen molar-refractivity contribution in [3.63, 3.8) is 0 Å². The van der Waals surface area contributed by atoms with E-state index in [1.807, 2.05) is 0 Å². The Labute approximate surface area is 133 Å². The van der Waals surface area contributed by atoms with Gasteiger partial charge in [0.15, 0.2) is 5.13 Å². The van der Waals surface area contributed by atoms with Crippen LogP contribution in [0.4, 0.5) is 4.39 Å². The van der Waals surface area contributed by atoms with Crippen molar-refractivity contribution in [2.24, 2.45) is 5.14 Å². The van der Waals surface area contributed by atoms with Crippen LogP contribution in [0.3, 0.4) is 0 Å². The second-order valence-corrected chi connectivity index (χ2v) is 7.05. The summed E-state index contributed by atoms with van der Waals surface area (Å²) in [5.74, 6) is -1.69. The summed E-state index contributed by atoms with van der Waals surface area (Å²) in [7, 11) is -4.16. The maximum atomic E-state index is 14.0. The van der Waals surface area contributed by atoms with Gasteiger partial charge in [-0.25, -0.2) is 32.3 Å². The number of aromatic nitrogens is 2. The first-order valence-electron chi connectivity index (χ1n) is 6.23. The summed E-state index contributed by atoms with van der Waals surface area (Å²) in [4.78, 5) is 15.5. The predicted molar refractivity (Wildman–Crippen MR) is 81.5 cm³/mol. The number of halogens is 1. The van der Waals surface area contributed by atoms with Crippen LogP contribution in [-0.2, 0) is 10.0 Å². The third-order valence-corrected chi connectivity index (χ3v) is 4.91. The second kappa shape index (κ2) is 5.41. The molecule has 0 aliphatic heterocycles. The van der Waals surface area contributed by atoms with Gasteiger partial charge in [-0.1, -0.05) is 6.07 Å². The Bertz CT molecular complexity index is 1050. The molecular formula is C13H10FN3O4S2. The molecule has 10 heteroatoms. The van der Waals surface area contributed by atoms with E-state index in [2.05, 4.69) is 4.98 Å². The highest BCUT2D eigenvalue weighted by Gasteiger charge is 2.19. The zero-order valence-electron chi connectivity index (χ0n) is 11.7. The fourth-order valence-electron chi connectivity index (χ4n) is 2.02. The lowest BCUT2D eigenvalue weighted by molar-refractivity contribution is 0.504. The Kier molecular flexibility index (Phi) is 3.66. The van der Waals surface area contributed by atoms with Crippen LogP contribution in [0.2, 0.25) is 0 Å². The number of thiazole rings is 1. The zero-order valence-corrected chi connectivity index (χ0v) is 13.3. The van der Waals surface area contributed by atoms with Crippen LogP contribution >= 0.6 is 11.3 Å². The summed E-state index contributed by atoms with van der Waals surface area (Å²) in [5.41, 5.74) is 1.23. The number of nitrogens with zero attached hydrogens (tertiary/aromatic N) is 2. The van der Waals surface area contributed by atoms with Gasteiger partial charge < -0.3 is 4.42 Å². The fraction of sp³-hybridized carbons (Fsp3) is 0.0769. The van der Waals surface area contributed by atoms with Crippen LogP contribution in [0.15, 0.2) is 43.9 Å². The van der Waals surface area contributed by atoms with Gasteiger partial charge in [-0.3, -0.25) is 0 Å². The third kappa shape index (κ3) is 2.83. The Balaban J connectivity index is 2.18. The van der Waals surface area contributed by atoms with Crippen molar-refractivity contribution < 1.29 is 17.2 Å². The van der Waals surface area contributed by atoms with Crippen LogP contribution in [0, 0.1) is 12.7 Å². The standard InChI is InChI=1S/C13H10FN3O4S2/c1-7-6-22-12(16-7)17-10(5-21-13(17)18)8-2-3-11(9(14)4-8)23(15,19)20/h2-6H,1H3,(H2,15,19,20). The minimum Gasteiger partial charge on any atom is -0.415 e. The molecule has 3 rings (SSSR count). The normalized spacial score (nSPS) is 11.8. The summed E-state index contributed by atoms with van der Waals surface area (Å²) in [6, 6.07) is 3.35. The highest BCUT2D eigenvalue weighted by Crippen LogP contribution is 2.26. The van der Waals surface area contributed by atoms with E-state index < -0.39 is 26.5 Å². The number of hydrogen-bond donors (Lipinski definition) is 1. The number of benzene rings is 1. The zero-order chi connectivity index (χ0) is 16.8. The highest BCUT2D eigenvalue weighted by atomic mass is 32.2. The van der Waals surface area contributed by atoms with Crippen molar-refractivity contribution in [2.45, 2.75) is 11.8 Å².